The van der Waals surface area contributed by atoms with E-state index in [1.165, 1.54) is 0 Å². The third kappa shape index (κ3) is 1.43. The Kier molecular flexibility index (Phi) is 2.34. The summed E-state index contributed by atoms with van der Waals surface area (Å²) in [6.45, 7) is 5.82. The van der Waals surface area contributed by atoms with Crippen molar-refractivity contribution in [3.8, 4) is 0 Å². The fourth-order valence-electron chi connectivity index (χ4n) is 3.17. The van der Waals surface area contributed by atoms with Gasteiger partial charge >= 0.3 is 5.97 Å². The topological polar surface area (TPSA) is 43.4 Å². The average molecular weight is 244 g/mol. The molecule has 3 heteroatoms. The summed E-state index contributed by atoms with van der Waals surface area (Å²) in [6, 6.07) is 0. The third-order valence-corrected chi connectivity index (χ3v) is 4.23. The van der Waals surface area contributed by atoms with Crippen molar-refractivity contribution >= 4 is 11.8 Å². The Hall–Kier alpha value is -1.64. The molecule has 0 spiro atoms. The molecule has 3 atom stereocenters. The van der Waals surface area contributed by atoms with Crippen LogP contribution in [-0.4, -0.2) is 17.9 Å². The number of hydrogen-bond donors (Lipinski definition) is 0. The van der Waals surface area contributed by atoms with Crippen molar-refractivity contribution in [2.75, 3.05) is 0 Å². The standard InChI is InChI=1S/C15H16O3/c1-7-4-12(16)14-8(2)5-13-11(6-10(7)14)9(3)15(17)18-13/h4,6,9,11,13H,5H2,1-3H3/t9?,11-,13+/m1/s1. The molecule has 2 aliphatic carbocycles. The van der Waals surface area contributed by atoms with Crippen LogP contribution in [0.3, 0.4) is 0 Å². The summed E-state index contributed by atoms with van der Waals surface area (Å²) in [4.78, 5) is 23.6. The van der Waals surface area contributed by atoms with Crippen molar-refractivity contribution < 1.29 is 14.3 Å². The maximum Gasteiger partial charge on any atom is 0.309 e. The normalized spacial score (nSPS) is 34.7. The first-order chi connectivity index (χ1) is 8.49. The van der Waals surface area contributed by atoms with Gasteiger partial charge in [-0.15, -0.1) is 0 Å². The van der Waals surface area contributed by atoms with Gasteiger partial charge in [0.05, 0.1) is 5.92 Å². The number of hydrogen-bond acceptors (Lipinski definition) is 3. The van der Waals surface area contributed by atoms with Crippen LogP contribution in [0.2, 0.25) is 0 Å². The van der Waals surface area contributed by atoms with Crippen molar-refractivity contribution in [1.82, 2.24) is 0 Å². The van der Waals surface area contributed by atoms with E-state index in [-0.39, 0.29) is 29.7 Å². The largest absolute Gasteiger partial charge is 0.461 e. The number of ether oxygens (including phenoxy) is 1. The quantitative estimate of drug-likeness (QED) is 0.614. The van der Waals surface area contributed by atoms with Crippen molar-refractivity contribution in [3.63, 3.8) is 0 Å². The molecule has 0 saturated carbocycles. The molecular formula is C15H16O3. The Morgan fingerprint density at radius 3 is 2.72 bits per heavy atom. The van der Waals surface area contributed by atoms with Crippen LogP contribution in [0.25, 0.3) is 0 Å². The Bertz CT molecular complexity index is 548. The molecule has 0 radical (unpaired) electrons. The number of rotatable bonds is 0. The predicted octanol–water partition coefficient (Wildman–Crippen LogP) is 2.34. The Morgan fingerprint density at radius 2 is 2.00 bits per heavy atom. The monoisotopic (exact) mass is 244 g/mol. The maximum atomic E-state index is 12.0. The Labute approximate surface area is 106 Å². The second kappa shape index (κ2) is 3.67. The van der Waals surface area contributed by atoms with Gasteiger partial charge in [0.15, 0.2) is 5.78 Å². The molecule has 0 aromatic rings. The number of carbonyl (C=O) groups is 2. The van der Waals surface area contributed by atoms with Crippen LogP contribution in [0.4, 0.5) is 0 Å². The van der Waals surface area contributed by atoms with Crippen molar-refractivity contribution in [2.24, 2.45) is 11.8 Å². The van der Waals surface area contributed by atoms with Crippen molar-refractivity contribution in [3.05, 3.63) is 34.4 Å². The zero-order valence-corrected chi connectivity index (χ0v) is 10.8. The lowest BCUT2D eigenvalue weighted by atomic mass is 9.89. The summed E-state index contributed by atoms with van der Waals surface area (Å²) < 4.78 is 5.42. The second-order valence-electron chi connectivity index (χ2n) is 5.47. The van der Waals surface area contributed by atoms with Gasteiger partial charge in [-0.2, -0.15) is 0 Å². The molecule has 1 heterocycles. The minimum Gasteiger partial charge on any atom is -0.461 e. The van der Waals surface area contributed by atoms with Gasteiger partial charge in [0.1, 0.15) is 6.10 Å². The van der Waals surface area contributed by atoms with E-state index in [1.54, 1.807) is 6.08 Å². The average Bonchev–Trinajstić information content (AvgIpc) is 2.65. The highest BCUT2D eigenvalue weighted by molar-refractivity contribution is 6.13. The Morgan fingerprint density at radius 1 is 1.28 bits per heavy atom. The van der Waals surface area contributed by atoms with Crippen LogP contribution in [0, 0.1) is 11.8 Å². The van der Waals surface area contributed by atoms with E-state index in [0.717, 1.165) is 22.3 Å². The number of ketones is 1. The summed E-state index contributed by atoms with van der Waals surface area (Å²) in [5.41, 5.74) is 3.87. The summed E-state index contributed by atoms with van der Waals surface area (Å²) >= 11 is 0. The SMILES string of the molecule is CC1=CC(=O)C2=C(C)C[C@@H]3OC(=O)C(C)[C@H]3C=C12. The zero-order chi connectivity index (χ0) is 13.0. The molecule has 1 fully saturated rings. The van der Waals surface area contributed by atoms with Crippen LogP contribution < -0.4 is 0 Å². The van der Waals surface area contributed by atoms with Gasteiger partial charge in [0.25, 0.3) is 0 Å². The molecule has 3 nitrogen and oxygen atoms in total. The van der Waals surface area contributed by atoms with Gasteiger partial charge in [-0.05, 0) is 31.1 Å². The highest BCUT2D eigenvalue weighted by Crippen LogP contribution is 2.42. The molecule has 18 heavy (non-hydrogen) atoms. The number of esters is 1. The smallest absolute Gasteiger partial charge is 0.309 e. The number of fused-ring (bicyclic) bond motifs is 2. The lowest BCUT2D eigenvalue weighted by molar-refractivity contribution is -0.143. The van der Waals surface area contributed by atoms with E-state index in [2.05, 4.69) is 6.08 Å². The first-order valence-corrected chi connectivity index (χ1v) is 6.34. The van der Waals surface area contributed by atoms with Crippen molar-refractivity contribution in [2.45, 2.75) is 33.3 Å². The summed E-state index contributed by atoms with van der Waals surface area (Å²) in [5.74, 6) is -0.0494. The van der Waals surface area contributed by atoms with E-state index < -0.39 is 0 Å². The van der Waals surface area contributed by atoms with Crippen LogP contribution >= 0.6 is 0 Å². The van der Waals surface area contributed by atoms with E-state index in [4.69, 9.17) is 4.74 Å². The van der Waals surface area contributed by atoms with Crippen molar-refractivity contribution in [1.29, 1.82) is 0 Å². The molecule has 3 rings (SSSR count). The zero-order valence-electron chi connectivity index (χ0n) is 10.8. The summed E-state index contributed by atoms with van der Waals surface area (Å²) in [5, 5.41) is 0. The van der Waals surface area contributed by atoms with Crippen LogP contribution in [0.5, 0.6) is 0 Å². The lowest BCUT2D eigenvalue weighted by Crippen LogP contribution is -2.17. The van der Waals surface area contributed by atoms with Gasteiger partial charge in [0.2, 0.25) is 0 Å². The van der Waals surface area contributed by atoms with Crippen LogP contribution in [0.15, 0.2) is 34.4 Å². The molecule has 0 aromatic carbocycles. The number of allylic oxidation sites excluding steroid dienone is 4. The molecule has 1 unspecified atom stereocenters. The van der Waals surface area contributed by atoms with Gasteiger partial charge < -0.3 is 4.74 Å². The van der Waals surface area contributed by atoms with Gasteiger partial charge in [-0.3, -0.25) is 9.59 Å². The second-order valence-corrected chi connectivity index (χ2v) is 5.47. The maximum absolute atomic E-state index is 12.0. The molecule has 94 valence electrons. The first-order valence-electron chi connectivity index (χ1n) is 6.34. The first kappa shape index (κ1) is 11.5. The van der Waals surface area contributed by atoms with E-state index in [1.807, 2.05) is 20.8 Å². The predicted molar refractivity (Wildman–Crippen MR) is 66.7 cm³/mol. The fourth-order valence-corrected chi connectivity index (χ4v) is 3.17. The molecular weight excluding hydrogens is 228 g/mol. The molecule has 0 amide bonds. The molecule has 3 aliphatic rings. The summed E-state index contributed by atoms with van der Waals surface area (Å²) in [6.07, 6.45) is 4.33. The van der Waals surface area contributed by atoms with Crippen LogP contribution in [0.1, 0.15) is 27.2 Å². The van der Waals surface area contributed by atoms with Gasteiger partial charge in [-0.25, -0.2) is 0 Å². The van der Waals surface area contributed by atoms with Gasteiger partial charge in [-0.1, -0.05) is 18.6 Å². The third-order valence-electron chi connectivity index (χ3n) is 4.23. The molecule has 0 N–H and O–H groups in total. The minimum atomic E-state index is -0.121. The van der Waals surface area contributed by atoms with Crippen LogP contribution in [-0.2, 0) is 14.3 Å². The van der Waals surface area contributed by atoms with Gasteiger partial charge in [0, 0.05) is 17.9 Å². The highest BCUT2D eigenvalue weighted by Gasteiger charge is 2.43. The van der Waals surface area contributed by atoms with E-state index in [9.17, 15) is 9.59 Å². The fraction of sp³-hybridized carbons (Fsp3) is 0.467. The van der Waals surface area contributed by atoms with E-state index in [0.29, 0.717) is 6.42 Å². The highest BCUT2D eigenvalue weighted by atomic mass is 16.6. The lowest BCUT2D eigenvalue weighted by Gasteiger charge is -2.14. The molecule has 0 aromatic heterocycles. The minimum absolute atomic E-state index is 0.0919. The molecule has 1 aliphatic heterocycles. The van der Waals surface area contributed by atoms with E-state index >= 15 is 0 Å². The molecule has 0 bridgehead atoms. The summed E-state index contributed by atoms with van der Waals surface area (Å²) in [7, 11) is 0. The number of carbonyl (C=O) groups excluding carboxylic acids is 2. The Balaban J connectivity index is 2.11. The molecule has 1 saturated heterocycles.